The van der Waals surface area contributed by atoms with Crippen LogP contribution in [0.25, 0.3) is 0 Å². The smallest absolute Gasteiger partial charge is 0.326 e. The van der Waals surface area contributed by atoms with Crippen molar-refractivity contribution in [1.29, 1.82) is 0 Å². The molecule has 1 aliphatic heterocycles. The molecular formula is C17H21N3O8S. The Bertz CT molecular complexity index is 913. The molecule has 11 nitrogen and oxygen atoms in total. The van der Waals surface area contributed by atoms with Crippen molar-refractivity contribution in [2.45, 2.75) is 42.7 Å². The van der Waals surface area contributed by atoms with E-state index in [0.29, 0.717) is 6.42 Å². The molecule has 0 bridgehead atoms. The molecule has 1 saturated heterocycles. The lowest BCUT2D eigenvalue weighted by Crippen LogP contribution is -2.41. The number of amides is 2. The predicted octanol–water partition coefficient (Wildman–Crippen LogP) is -0.627. The lowest BCUT2D eigenvalue weighted by molar-refractivity contribution is -0.141. The molecule has 2 rings (SSSR count). The molecule has 158 valence electrons. The van der Waals surface area contributed by atoms with Crippen LogP contribution in [0.15, 0.2) is 29.2 Å². The number of hydrogen-bond acceptors (Lipinski definition) is 6. The zero-order chi connectivity index (χ0) is 21.8. The topological polar surface area (TPSA) is 184 Å². The highest BCUT2D eigenvalue weighted by molar-refractivity contribution is 7.89. The van der Waals surface area contributed by atoms with Crippen LogP contribution in [-0.2, 0) is 24.4 Å². The highest BCUT2D eigenvalue weighted by Crippen LogP contribution is 2.26. The molecule has 0 radical (unpaired) electrons. The molecule has 1 aliphatic rings. The lowest BCUT2D eigenvalue weighted by atomic mass is 10.1. The summed E-state index contributed by atoms with van der Waals surface area (Å²) in [5.41, 5.74) is 4.98. The number of nitrogens with one attached hydrogen (secondary N) is 1. The van der Waals surface area contributed by atoms with Crippen LogP contribution in [0.4, 0.5) is 0 Å². The van der Waals surface area contributed by atoms with E-state index in [1.165, 1.54) is 12.1 Å². The fourth-order valence-corrected chi connectivity index (χ4v) is 4.62. The van der Waals surface area contributed by atoms with Gasteiger partial charge in [-0.3, -0.25) is 14.4 Å². The second-order valence-corrected chi connectivity index (χ2v) is 8.40. The highest BCUT2D eigenvalue weighted by Gasteiger charge is 2.39. The minimum absolute atomic E-state index is 0.00508. The summed E-state index contributed by atoms with van der Waals surface area (Å²) < 4.78 is 26.3. The molecule has 29 heavy (non-hydrogen) atoms. The maximum absolute atomic E-state index is 12.7. The van der Waals surface area contributed by atoms with Gasteiger partial charge in [-0.25, -0.2) is 13.2 Å². The van der Waals surface area contributed by atoms with Crippen LogP contribution in [0, 0.1) is 0 Å². The van der Waals surface area contributed by atoms with Crippen LogP contribution < -0.4 is 11.1 Å². The summed E-state index contributed by atoms with van der Waals surface area (Å²) in [7, 11) is -4.05. The number of carbonyl (C=O) groups excluding carboxylic acids is 2. The van der Waals surface area contributed by atoms with Crippen molar-refractivity contribution < 1.29 is 37.8 Å². The van der Waals surface area contributed by atoms with Crippen molar-refractivity contribution in [3.63, 3.8) is 0 Å². The summed E-state index contributed by atoms with van der Waals surface area (Å²) in [5.74, 6) is -4.04. The molecule has 0 aliphatic carbocycles. The van der Waals surface area contributed by atoms with Crippen LogP contribution in [0.5, 0.6) is 0 Å². The molecule has 5 N–H and O–H groups in total. The fourth-order valence-electron chi connectivity index (χ4n) is 2.97. The van der Waals surface area contributed by atoms with E-state index in [1.54, 1.807) is 0 Å². The molecule has 1 fully saturated rings. The van der Waals surface area contributed by atoms with E-state index in [4.69, 9.17) is 10.8 Å². The Morgan fingerprint density at radius 3 is 2.31 bits per heavy atom. The summed E-state index contributed by atoms with van der Waals surface area (Å²) >= 11 is 0. The van der Waals surface area contributed by atoms with Gasteiger partial charge < -0.3 is 21.3 Å². The predicted molar refractivity (Wildman–Crippen MR) is 98.3 cm³/mol. The summed E-state index contributed by atoms with van der Waals surface area (Å²) in [6.07, 6.45) is 0.235. The maximum atomic E-state index is 12.7. The molecule has 1 aromatic rings. The van der Waals surface area contributed by atoms with Gasteiger partial charge in [-0.05, 0) is 43.5 Å². The SMILES string of the molecule is NC(=O)CC[C@H](NC(=O)c1ccc(S(=O)(=O)N2CCC[C@@H]2C(=O)O)cc1)C(=O)O. The third-order valence-electron chi connectivity index (χ3n) is 4.49. The van der Waals surface area contributed by atoms with Crippen molar-refractivity contribution in [2.24, 2.45) is 5.73 Å². The monoisotopic (exact) mass is 427 g/mol. The maximum Gasteiger partial charge on any atom is 0.326 e. The normalized spacial score (nSPS) is 18.1. The van der Waals surface area contributed by atoms with Gasteiger partial charge in [-0.2, -0.15) is 4.31 Å². The average Bonchev–Trinajstić information content (AvgIpc) is 3.15. The van der Waals surface area contributed by atoms with Gasteiger partial charge in [0.1, 0.15) is 12.1 Å². The van der Waals surface area contributed by atoms with Gasteiger partial charge in [-0.1, -0.05) is 0 Å². The Labute approximate surface area is 166 Å². The van der Waals surface area contributed by atoms with E-state index in [1.807, 2.05) is 0 Å². The number of sulfonamides is 1. The van der Waals surface area contributed by atoms with E-state index in [0.717, 1.165) is 16.4 Å². The van der Waals surface area contributed by atoms with Gasteiger partial charge in [0.05, 0.1) is 4.90 Å². The van der Waals surface area contributed by atoms with Crippen LogP contribution in [0.3, 0.4) is 0 Å². The Balaban J connectivity index is 2.14. The van der Waals surface area contributed by atoms with E-state index < -0.39 is 45.9 Å². The second kappa shape index (κ2) is 9.01. The minimum atomic E-state index is -4.05. The third kappa shape index (κ3) is 5.29. The van der Waals surface area contributed by atoms with Crippen molar-refractivity contribution >= 4 is 33.8 Å². The van der Waals surface area contributed by atoms with E-state index >= 15 is 0 Å². The Hall–Kier alpha value is -2.99. The molecule has 0 spiro atoms. The van der Waals surface area contributed by atoms with Crippen LogP contribution in [0.2, 0.25) is 0 Å². The first-order valence-electron chi connectivity index (χ1n) is 8.70. The molecule has 0 aromatic heterocycles. The molecule has 0 unspecified atom stereocenters. The lowest BCUT2D eigenvalue weighted by Gasteiger charge is -2.21. The molecule has 1 heterocycles. The highest BCUT2D eigenvalue weighted by atomic mass is 32.2. The number of aliphatic carboxylic acids is 2. The van der Waals surface area contributed by atoms with Gasteiger partial charge in [0.15, 0.2) is 0 Å². The Morgan fingerprint density at radius 2 is 1.79 bits per heavy atom. The summed E-state index contributed by atoms with van der Waals surface area (Å²) in [4.78, 5) is 45.3. The number of primary amides is 1. The number of hydrogen-bond donors (Lipinski definition) is 4. The molecular weight excluding hydrogens is 406 g/mol. The van der Waals surface area contributed by atoms with Crippen molar-refractivity contribution in [3.05, 3.63) is 29.8 Å². The summed E-state index contributed by atoms with van der Waals surface area (Å²) in [6.45, 7) is 0.0850. The largest absolute Gasteiger partial charge is 0.480 e. The number of nitrogens with zero attached hydrogens (tertiary/aromatic N) is 1. The standard InChI is InChI=1S/C17H21N3O8S/c18-14(21)8-7-12(16(23)24)19-15(22)10-3-5-11(6-4-10)29(27,28)20-9-1-2-13(20)17(25)26/h3-6,12-13H,1-2,7-9H2,(H2,18,21)(H,19,22)(H,23,24)(H,25,26)/t12-,13+/m0/s1. The molecule has 0 saturated carbocycles. The quantitative estimate of drug-likeness (QED) is 0.401. The molecule has 2 amide bonds. The fraction of sp³-hybridized carbons (Fsp3) is 0.412. The van der Waals surface area contributed by atoms with Gasteiger partial charge in [0.2, 0.25) is 15.9 Å². The number of nitrogens with two attached hydrogens (primary N) is 1. The number of carboxylic acid groups (broad SMARTS) is 2. The number of rotatable bonds is 9. The second-order valence-electron chi connectivity index (χ2n) is 6.51. The molecule has 2 atom stereocenters. The zero-order valence-electron chi connectivity index (χ0n) is 15.3. The summed E-state index contributed by atoms with van der Waals surface area (Å²) in [5, 5.41) is 20.5. The number of carboxylic acids is 2. The van der Waals surface area contributed by atoms with E-state index in [-0.39, 0.29) is 36.3 Å². The minimum Gasteiger partial charge on any atom is -0.480 e. The van der Waals surface area contributed by atoms with Crippen LogP contribution in [0.1, 0.15) is 36.0 Å². The van der Waals surface area contributed by atoms with Gasteiger partial charge in [-0.15, -0.1) is 0 Å². The van der Waals surface area contributed by atoms with Crippen LogP contribution in [-0.4, -0.2) is 65.3 Å². The summed E-state index contributed by atoms with van der Waals surface area (Å²) in [6, 6.07) is 2.23. The van der Waals surface area contributed by atoms with Crippen molar-refractivity contribution in [2.75, 3.05) is 6.54 Å². The average molecular weight is 427 g/mol. The van der Waals surface area contributed by atoms with Gasteiger partial charge in [0.25, 0.3) is 5.91 Å². The zero-order valence-corrected chi connectivity index (χ0v) is 16.1. The number of benzene rings is 1. The van der Waals surface area contributed by atoms with Gasteiger partial charge in [0, 0.05) is 18.5 Å². The Morgan fingerprint density at radius 1 is 1.17 bits per heavy atom. The Kier molecular flexibility index (Phi) is 6.93. The first-order chi connectivity index (χ1) is 13.5. The third-order valence-corrected chi connectivity index (χ3v) is 6.42. The van der Waals surface area contributed by atoms with Gasteiger partial charge >= 0.3 is 11.9 Å². The first-order valence-corrected chi connectivity index (χ1v) is 10.1. The van der Waals surface area contributed by atoms with Crippen LogP contribution >= 0.6 is 0 Å². The first kappa shape index (κ1) is 22.3. The van der Waals surface area contributed by atoms with E-state index in [9.17, 15) is 32.7 Å². The van der Waals surface area contributed by atoms with Crippen molar-refractivity contribution in [3.8, 4) is 0 Å². The van der Waals surface area contributed by atoms with E-state index in [2.05, 4.69) is 5.32 Å². The van der Waals surface area contributed by atoms with Crippen molar-refractivity contribution in [1.82, 2.24) is 9.62 Å². The molecule has 12 heteroatoms. The molecule has 1 aromatic carbocycles. The number of carbonyl (C=O) groups is 4.